The molecule has 118 valence electrons. The highest BCUT2D eigenvalue weighted by molar-refractivity contribution is 5.92. The fourth-order valence-electron chi connectivity index (χ4n) is 1.93. The van der Waals surface area contributed by atoms with Gasteiger partial charge in [0, 0.05) is 24.2 Å². The number of carbonyl (C=O) groups is 1. The van der Waals surface area contributed by atoms with Crippen molar-refractivity contribution in [2.45, 2.75) is 13.5 Å². The maximum Gasteiger partial charge on any atom is 0.228 e. The van der Waals surface area contributed by atoms with Crippen LogP contribution in [0.5, 0.6) is 5.75 Å². The summed E-state index contributed by atoms with van der Waals surface area (Å²) in [5.74, 6) is 0.593. The third kappa shape index (κ3) is 4.85. The summed E-state index contributed by atoms with van der Waals surface area (Å²) in [4.78, 5) is 15.8. The first-order valence-corrected chi connectivity index (χ1v) is 7.20. The lowest BCUT2D eigenvalue weighted by Gasteiger charge is -2.12. The van der Waals surface area contributed by atoms with Crippen LogP contribution in [-0.2, 0) is 11.3 Å². The number of aromatic nitrogens is 3. The minimum absolute atomic E-state index is 0.0193. The molecule has 1 aromatic heterocycles. The van der Waals surface area contributed by atoms with Crippen molar-refractivity contribution in [2.75, 3.05) is 25.5 Å². The van der Waals surface area contributed by atoms with E-state index in [1.165, 1.54) is 6.33 Å². The van der Waals surface area contributed by atoms with Crippen molar-refractivity contribution in [1.82, 2.24) is 20.1 Å². The summed E-state index contributed by atoms with van der Waals surface area (Å²) >= 11 is 0. The third-order valence-corrected chi connectivity index (χ3v) is 3.12. The minimum Gasteiger partial charge on any atom is -0.492 e. The molecule has 0 aliphatic heterocycles. The van der Waals surface area contributed by atoms with Gasteiger partial charge >= 0.3 is 0 Å². The fraction of sp³-hybridized carbons (Fsp3) is 0.400. The number of nitrogens with one attached hydrogen (secondary N) is 2. The van der Waals surface area contributed by atoms with Crippen LogP contribution in [0.2, 0.25) is 0 Å². The molecule has 1 atom stereocenters. The summed E-state index contributed by atoms with van der Waals surface area (Å²) in [5, 5.41) is 9.88. The number of ether oxygens (including phenoxy) is 1. The van der Waals surface area contributed by atoms with Crippen LogP contribution in [0.4, 0.5) is 5.69 Å². The lowest BCUT2D eigenvalue weighted by atomic mass is 10.1. The Morgan fingerprint density at radius 1 is 1.45 bits per heavy atom. The molecular formula is C15H21N5O2. The molecule has 0 saturated carbocycles. The molecule has 0 aliphatic rings. The summed E-state index contributed by atoms with van der Waals surface area (Å²) in [5.41, 5.74) is 0.728. The van der Waals surface area contributed by atoms with Crippen LogP contribution in [-0.4, -0.2) is 40.9 Å². The third-order valence-electron chi connectivity index (χ3n) is 3.12. The first-order chi connectivity index (χ1) is 10.7. The quantitative estimate of drug-likeness (QED) is 0.764. The number of amides is 1. The average Bonchev–Trinajstić information content (AvgIpc) is 3.01. The summed E-state index contributed by atoms with van der Waals surface area (Å²) in [6.45, 7) is 3.62. The zero-order valence-electron chi connectivity index (χ0n) is 12.8. The van der Waals surface area contributed by atoms with E-state index in [1.54, 1.807) is 11.0 Å². The summed E-state index contributed by atoms with van der Waals surface area (Å²) < 4.78 is 7.36. The number of nitrogens with zero attached hydrogens (tertiary/aromatic N) is 3. The van der Waals surface area contributed by atoms with Crippen LogP contribution in [0.25, 0.3) is 0 Å². The molecule has 1 amide bonds. The number of benzene rings is 1. The van der Waals surface area contributed by atoms with Gasteiger partial charge in [0.05, 0.1) is 6.54 Å². The van der Waals surface area contributed by atoms with Gasteiger partial charge in [0.1, 0.15) is 25.0 Å². The van der Waals surface area contributed by atoms with Gasteiger partial charge in [-0.1, -0.05) is 13.0 Å². The highest BCUT2D eigenvalue weighted by atomic mass is 16.5. The Morgan fingerprint density at radius 2 is 2.32 bits per heavy atom. The van der Waals surface area contributed by atoms with Crippen LogP contribution in [0.1, 0.15) is 6.92 Å². The Kier molecular flexibility index (Phi) is 5.91. The van der Waals surface area contributed by atoms with Crippen LogP contribution < -0.4 is 15.4 Å². The molecule has 7 heteroatoms. The van der Waals surface area contributed by atoms with Gasteiger partial charge in [0.15, 0.2) is 0 Å². The Morgan fingerprint density at radius 3 is 3.05 bits per heavy atom. The van der Waals surface area contributed by atoms with E-state index in [1.807, 2.05) is 38.2 Å². The van der Waals surface area contributed by atoms with Gasteiger partial charge in [0.25, 0.3) is 0 Å². The second kappa shape index (κ2) is 8.14. The molecule has 1 aromatic carbocycles. The van der Waals surface area contributed by atoms with E-state index in [0.29, 0.717) is 25.4 Å². The molecule has 7 nitrogen and oxygen atoms in total. The highest BCUT2D eigenvalue weighted by Gasteiger charge is 2.12. The van der Waals surface area contributed by atoms with Gasteiger partial charge in [-0.05, 0) is 19.2 Å². The van der Waals surface area contributed by atoms with Gasteiger partial charge in [-0.2, -0.15) is 5.10 Å². The Bertz CT molecular complexity index is 585. The van der Waals surface area contributed by atoms with E-state index in [0.717, 1.165) is 5.69 Å². The molecule has 0 aliphatic carbocycles. The number of carbonyl (C=O) groups excluding carboxylic acids is 1. The van der Waals surface area contributed by atoms with Crippen molar-refractivity contribution in [1.29, 1.82) is 0 Å². The number of anilines is 1. The summed E-state index contributed by atoms with van der Waals surface area (Å²) in [7, 11) is 1.83. The van der Waals surface area contributed by atoms with E-state index >= 15 is 0 Å². The molecule has 2 N–H and O–H groups in total. The normalized spacial score (nSPS) is 11.9. The molecule has 0 fully saturated rings. The van der Waals surface area contributed by atoms with Crippen molar-refractivity contribution >= 4 is 11.6 Å². The molecular weight excluding hydrogens is 282 g/mol. The molecule has 2 rings (SSSR count). The van der Waals surface area contributed by atoms with Gasteiger partial charge in [0.2, 0.25) is 5.91 Å². The molecule has 0 spiro atoms. The van der Waals surface area contributed by atoms with Crippen molar-refractivity contribution in [3.63, 3.8) is 0 Å². The number of rotatable bonds is 8. The van der Waals surface area contributed by atoms with E-state index in [9.17, 15) is 4.79 Å². The predicted octanol–water partition coefficient (Wildman–Crippen LogP) is 1.15. The van der Waals surface area contributed by atoms with E-state index in [2.05, 4.69) is 20.7 Å². The topological polar surface area (TPSA) is 81.1 Å². The van der Waals surface area contributed by atoms with Crippen LogP contribution in [0.3, 0.4) is 0 Å². The second-order valence-electron chi connectivity index (χ2n) is 4.98. The van der Waals surface area contributed by atoms with Crippen molar-refractivity contribution in [3.8, 4) is 5.75 Å². The van der Waals surface area contributed by atoms with Crippen molar-refractivity contribution < 1.29 is 9.53 Å². The summed E-state index contributed by atoms with van der Waals surface area (Å²) in [6.07, 6.45) is 3.13. The second-order valence-corrected chi connectivity index (χ2v) is 4.98. The summed E-state index contributed by atoms with van der Waals surface area (Å²) in [6, 6.07) is 7.36. The van der Waals surface area contributed by atoms with Crippen LogP contribution in [0.15, 0.2) is 36.9 Å². The minimum atomic E-state index is -0.0955. The largest absolute Gasteiger partial charge is 0.492 e. The lowest BCUT2D eigenvalue weighted by molar-refractivity contribution is -0.119. The predicted molar refractivity (Wildman–Crippen MR) is 83.7 cm³/mol. The van der Waals surface area contributed by atoms with E-state index < -0.39 is 0 Å². The number of hydrogen-bond acceptors (Lipinski definition) is 5. The first kappa shape index (κ1) is 16.0. The standard InChI is InChI=1S/C15H21N5O2/c1-12(9-16-2)15(21)19-13-4-3-5-14(8-13)22-7-6-20-11-17-10-18-20/h3-5,8,10-12,16H,6-7,9H2,1-2H3,(H,19,21). The monoisotopic (exact) mass is 303 g/mol. The molecule has 1 heterocycles. The average molecular weight is 303 g/mol. The Labute approximate surface area is 129 Å². The van der Waals surface area contributed by atoms with Crippen molar-refractivity contribution in [3.05, 3.63) is 36.9 Å². The highest BCUT2D eigenvalue weighted by Crippen LogP contribution is 2.18. The van der Waals surface area contributed by atoms with E-state index in [-0.39, 0.29) is 11.8 Å². The number of hydrogen-bond donors (Lipinski definition) is 2. The smallest absolute Gasteiger partial charge is 0.228 e. The Hall–Kier alpha value is -2.41. The first-order valence-electron chi connectivity index (χ1n) is 7.20. The molecule has 0 radical (unpaired) electrons. The fourth-order valence-corrected chi connectivity index (χ4v) is 1.93. The molecule has 22 heavy (non-hydrogen) atoms. The van der Waals surface area contributed by atoms with Crippen molar-refractivity contribution in [2.24, 2.45) is 5.92 Å². The van der Waals surface area contributed by atoms with Crippen LogP contribution in [0, 0.1) is 5.92 Å². The van der Waals surface area contributed by atoms with Gasteiger partial charge in [-0.25, -0.2) is 9.67 Å². The molecule has 0 saturated heterocycles. The van der Waals surface area contributed by atoms with Crippen LogP contribution >= 0.6 is 0 Å². The maximum absolute atomic E-state index is 12.0. The zero-order chi connectivity index (χ0) is 15.8. The zero-order valence-corrected chi connectivity index (χ0v) is 12.8. The molecule has 1 unspecified atom stereocenters. The molecule has 0 bridgehead atoms. The SMILES string of the molecule is CNCC(C)C(=O)Nc1cccc(OCCn2cncn2)c1. The van der Waals surface area contributed by atoms with E-state index in [4.69, 9.17) is 4.74 Å². The van der Waals surface area contributed by atoms with Gasteiger partial charge in [-0.15, -0.1) is 0 Å². The maximum atomic E-state index is 12.0. The van der Waals surface area contributed by atoms with Gasteiger partial charge in [-0.3, -0.25) is 4.79 Å². The lowest BCUT2D eigenvalue weighted by Crippen LogP contribution is -2.28. The molecule has 2 aromatic rings. The van der Waals surface area contributed by atoms with Gasteiger partial charge < -0.3 is 15.4 Å². The Balaban J connectivity index is 1.85.